The molecule has 1 aliphatic rings. The van der Waals surface area contributed by atoms with Crippen LogP contribution in [0.3, 0.4) is 0 Å². The first kappa shape index (κ1) is 19.9. The van der Waals surface area contributed by atoms with E-state index < -0.39 is 30.1 Å². The minimum atomic E-state index is -4.29. The first-order chi connectivity index (χ1) is 11.7. The van der Waals surface area contributed by atoms with Gasteiger partial charge in [0.1, 0.15) is 11.6 Å². The van der Waals surface area contributed by atoms with E-state index in [9.17, 15) is 22.7 Å². The van der Waals surface area contributed by atoms with Crippen LogP contribution in [0.5, 0.6) is 5.75 Å². The normalized spacial score (nSPS) is 21.0. The van der Waals surface area contributed by atoms with Gasteiger partial charge in [0.15, 0.2) is 0 Å². The zero-order valence-electron chi connectivity index (χ0n) is 14.0. The largest absolute Gasteiger partial charge is 0.496 e. The molecule has 1 aromatic carbocycles. The predicted molar refractivity (Wildman–Crippen MR) is 84.1 cm³/mol. The molecule has 0 saturated carbocycles. The lowest BCUT2D eigenvalue weighted by molar-refractivity contribution is -0.148. The Bertz CT molecular complexity index is 561. The van der Waals surface area contributed by atoms with Crippen LogP contribution in [0.15, 0.2) is 18.2 Å². The molecule has 1 heterocycles. The lowest BCUT2D eigenvalue weighted by atomic mass is 9.83. The molecule has 0 spiro atoms. The topological polar surface area (TPSA) is 50.7 Å². The average Bonchev–Trinajstić information content (AvgIpc) is 2.54. The summed E-state index contributed by atoms with van der Waals surface area (Å²) in [6.45, 7) is 1.28. The summed E-state index contributed by atoms with van der Waals surface area (Å²) in [6.07, 6.45) is -6.37. The number of hydrogen-bond acceptors (Lipinski definition) is 4. The van der Waals surface area contributed by atoms with Gasteiger partial charge < -0.3 is 19.9 Å². The highest BCUT2D eigenvalue weighted by Gasteiger charge is 2.40. The summed E-state index contributed by atoms with van der Waals surface area (Å²) in [7, 11) is 1.41. The van der Waals surface area contributed by atoms with Crippen molar-refractivity contribution in [2.75, 3.05) is 26.8 Å². The van der Waals surface area contributed by atoms with E-state index in [1.165, 1.54) is 25.3 Å². The first-order valence-electron chi connectivity index (χ1n) is 8.17. The highest BCUT2D eigenvalue weighted by molar-refractivity contribution is 5.35. The molecule has 4 nitrogen and oxygen atoms in total. The summed E-state index contributed by atoms with van der Waals surface area (Å²) in [5, 5.41) is 14.1. The Kier molecular flexibility index (Phi) is 6.65. The Labute approximate surface area is 144 Å². The molecule has 0 bridgehead atoms. The van der Waals surface area contributed by atoms with Crippen LogP contribution in [0.2, 0.25) is 0 Å². The van der Waals surface area contributed by atoms with Gasteiger partial charge in [0, 0.05) is 25.9 Å². The molecule has 8 heteroatoms. The van der Waals surface area contributed by atoms with Crippen molar-refractivity contribution in [3.05, 3.63) is 29.6 Å². The zero-order chi connectivity index (χ0) is 18.5. The van der Waals surface area contributed by atoms with Gasteiger partial charge >= 0.3 is 6.18 Å². The number of benzene rings is 1. The van der Waals surface area contributed by atoms with Gasteiger partial charge in [0.25, 0.3) is 0 Å². The van der Waals surface area contributed by atoms with Crippen LogP contribution in [0.4, 0.5) is 17.6 Å². The third kappa shape index (κ3) is 5.83. The molecule has 2 atom stereocenters. The van der Waals surface area contributed by atoms with Crippen molar-refractivity contribution >= 4 is 0 Å². The molecule has 0 aromatic heterocycles. The fourth-order valence-electron chi connectivity index (χ4n) is 3.08. The molecule has 0 amide bonds. The SMILES string of the molecule is COc1ccc(F)cc1C[C@](O)(CCCC(F)(F)F)C1CNCCO1. The van der Waals surface area contributed by atoms with Crippen molar-refractivity contribution in [3.63, 3.8) is 0 Å². The number of alkyl halides is 3. The third-order valence-corrected chi connectivity index (χ3v) is 4.34. The quantitative estimate of drug-likeness (QED) is 0.730. The minimum Gasteiger partial charge on any atom is -0.496 e. The molecule has 0 radical (unpaired) electrons. The molecule has 2 rings (SSSR count). The molecule has 142 valence electrons. The van der Waals surface area contributed by atoms with E-state index in [2.05, 4.69) is 5.32 Å². The van der Waals surface area contributed by atoms with Crippen LogP contribution in [0, 0.1) is 5.82 Å². The molecule has 1 unspecified atom stereocenters. The Hall–Kier alpha value is -1.38. The molecule has 1 fully saturated rings. The van der Waals surface area contributed by atoms with Gasteiger partial charge in [0.2, 0.25) is 0 Å². The highest BCUT2D eigenvalue weighted by Crippen LogP contribution is 2.33. The summed E-state index contributed by atoms with van der Waals surface area (Å²) in [6, 6.07) is 3.88. The maximum atomic E-state index is 13.6. The lowest BCUT2D eigenvalue weighted by Gasteiger charge is -2.39. The summed E-state index contributed by atoms with van der Waals surface area (Å²) in [5.74, 6) is -0.129. The molecule has 1 aromatic rings. The Morgan fingerprint density at radius 1 is 1.32 bits per heavy atom. The number of rotatable bonds is 7. The predicted octanol–water partition coefficient (Wildman–Crippen LogP) is 2.83. The maximum absolute atomic E-state index is 13.6. The zero-order valence-corrected chi connectivity index (χ0v) is 14.0. The van der Waals surface area contributed by atoms with Crippen LogP contribution in [-0.2, 0) is 11.2 Å². The maximum Gasteiger partial charge on any atom is 0.389 e. The molecule has 2 N–H and O–H groups in total. The Morgan fingerprint density at radius 3 is 2.68 bits per heavy atom. The molecular weight excluding hydrogens is 342 g/mol. The second-order valence-electron chi connectivity index (χ2n) is 6.27. The average molecular weight is 365 g/mol. The van der Waals surface area contributed by atoms with E-state index in [1.807, 2.05) is 0 Å². The molecular formula is C17H23F4NO3. The molecule has 25 heavy (non-hydrogen) atoms. The van der Waals surface area contributed by atoms with Crippen molar-refractivity contribution in [1.29, 1.82) is 0 Å². The van der Waals surface area contributed by atoms with Crippen LogP contribution in [0.25, 0.3) is 0 Å². The fourth-order valence-corrected chi connectivity index (χ4v) is 3.08. The van der Waals surface area contributed by atoms with Crippen LogP contribution < -0.4 is 10.1 Å². The van der Waals surface area contributed by atoms with Crippen LogP contribution >= 0.6 is 0 Å². The molecule has 1 aliphatic heterocycles. The van der Waals surface area contributed by atoms with Gasteiger partial charge in [-0.25, -0.2) is 4.39 Å². The molecule has 1 saturated heterocycles. The van der Waals surface area contributed by atoms with Gasteiger partial charge in [-0.05, 0) is 36.6 Å². The minimum absolute atomic E-state index is 0.0574. The van der Waals surface area contributed by atoms with E-state index in [0.29, 0.717) is 31.0 Å². The fraction of sp³-hybridized carbons (Fsp3) is 0.647. The first-order valence-corrected chi connectivity index (χ1v) is 8.17. The smallest absolute Gasteiger partial charge is 0.389 e. The van der Waals surface area contributed by atoms with Crippen molar-refractivity contribution in [2.24, 2.45) is 0 Å². The second kappa shape index (κ2) is 8.33. The second-order valence-corrected chi connectivity index (χ2v) is 6.27. The lowest BCUT2D eigenvalue weighted by Crippen LogP contribution is -2.54. The van der Waals surface area contributed by atoms with E-state index in [-0.39, 0.29) is 19.3 Å². The highest BCUT2D eigenvalue weighted by atomic mass is 19.4. The van der Waals surface area contributed by atoms with E-state index in [4.69, 9.17) is 9.47 Å². The third-order valence-electron chi connectivity index (χ3n) is 4.34. The van der Waals surface area contributed by atoms with Crippen molar-refractivity contribution in [2.45, 2.75) is 43.6 Å². The number of nitrogens with one attached hydrogen (secondary N) is 1. The van der Waals surface area contributed by atoms with Gasteiger partial charge in [-0.1, -0.05) is 0 Å². The van der Waals surface area contributed by atoms with Gasteiger partial charge in [-0.2, -0.15) is 13.2 Å². The number of aliphatic hydroxyl groups is 1. The van der Waals surface area contributed by atoms with E-state index in [1.54, 1.807) is 0 Å². The molecule has 0 aliphatic carbocycles. The van der Waals surface area contributed by atoms with Gasteiger partial charge in [-0.15, -0.1) is 0 Å². The van der Waals surface area contributed by atoms with Gasteiger partial charge in [-0.3, -0.25) is 0 Å². The standard InChI is InChI=1S/C17H23F4NO3/c1-24-14-4-3-13(18)9-12(14)10-16(23,5-2-6-17(19,20)21)15-11-22-7-8-25-15/h3-4,9,15,22-23H,2,5-8,10-11H2,1H3/t15?,16-/m1/s1. The van der Waals surface area contributed by atoms with Crippen molar-refractivity contribution in [1.82, 2.24) is 5.32 Å². The van der Waals surface area contributed by atoms with Crippen molar-refractivity contribution < 1.29 is 32.1 Å². The number of methoxy groups -OCH3 is 1. The number of hydrogen-bond donors (Lipinski definition) is 2. The summed E-state index contributed by atoms with van der Waals surface area (Å²) in [5.41, 5.74) is -1.16. The summed E-state index contributed by atoms with van der Waals surface area (Å²) < 4.78 is 61.8. The Balaban J connectivity index is 2.20. The monoisotopic (exact) mass is 365 g/mol. The summed E-state index contributed by atoms with van der Waals surface area (Å²) in [4.78, 5) is 0. The summed E-state index contributed by atoms with van der Waals surface area (Å²) >= 11 is 0. The van der Waals surface area contributed by atoms with E-state index >= 15 is 0 Å². The van der Waals surface area contributed by atoms with Crippen LogP contribution in [-0.4, -0.2) is 49.8 Å². The van der Waals surface area contributed by atoms with Gasteiger partial charge in [0.05, 0.1) is 25.4 Å². The van der Waals surface area contributed by atoms with Crippen molar-refractivity contribution in [3.8, 4) is 5.75 Å². The van der Waals surface area contributed by atoms with E-state index in [0.717, 1.165) is 0 Å². The number of ether oxygens (including phenoxy) is 2. The number of halogens is 4. The van der Waals surface area contributed by atoms with Crippen LogP contribution in [0.1, 0.15) is 24.8 Å². The number of morpholine rings is 1. The Morgan fingerprint density at radius 2 is 2.08 bits per heavy atom.